The van der Waals surface area contributed by atoms with Crippen molar-refractivity contribution in [1.29, 1.82) is 0 Å². The molecule has 4 nitrogen and oxygen atoms in total. The molecule has 1 aromatic heterocycles. The van der Waals surface area contributed by atoms with Crippen LogP contribution in [-0.2, 0) is 16.0 Å². The molecule has 0 aromatic carbocycles. The summed E-state index contributed by atoms with van der Waals surface area (Å²) in [6.45, 7) is 7.79. The molecular formula is C18H27NO3. The van der Waals surface area contributed by atoms with Crippen molar-refractivity contribution in [3.05, 3.63) is 23.7 Å². The minimum atomic E-state index is 0.102. The minimum absolute atomic E-state index is 0.102. The molecule has 122 valence electrons. The molecule has 2 saturated heterocycles. The monoisotopic (exact) mass is 305 g/mol. The van der Waals surface area contributed by atoms with Gasteiger partial charge in [0, 0.05) is 32.9 Å². The largest absolute Gasteiger partial charge is 0.465 e. The Kier molecular flexibility index (Phi) is 4.01. The lowest BCUT2D eigenvalue weighted by Gasteiger charge is -2.50. The van der Waals surface area contributed by atoms with Gasteiger partial charge in [0.2, 0.25) is 0 Å². The zero-order valence-electron chi connectivity index (χ0n) is 13.6. The lowest BCUT2D eigenvalue weighted by molar-refractivity contribution is -0.140. The van der Waals surface area contributed by atoms with Crippen LogP contribution in [0, 0.1) is 18.8 Å². The maximum Gasteiger partial charge on any atom is 0.118 e. The van der Waals surface area contributed by atoms with Gasteiger partial charge in [-0.3, -0.25) is 4.90 Å². The summed E-state index contributed by atoms with van der Waals surface area (Å²) in [7, 11) is 0. The van der Waals surface area contributed by atoms with Crippen LogP contribution < -0.4 is 0 Å². The van der Waals surface area contributed by atoms with E-state index in [2.05, 4.69) is 11.0 Å². The molecule has 3 aliphatic rings. The molecular weight excluding hydrogens is 278 g/mol. The van der Waals surface area contributed by atoms with E-state index >= 15 is 0 Å². The highest BCUT2D eigenvalue weighted by atomic mass is 16.5. The van der Waals surface area contributed by atoms with Gasteiger partial charge in [-0.15, -0.1) is 0 Å². The highest BCUT2D eigenvalue weighted by Crippen LogP contribution is 2.42. The number of aryl methyl sites for hydroxylation is 1. The van der Waals surface area contributed by atoms with Crippen LogP contribution in [0.4, 0.5) is 0 Å². The number of nitrogens with zero attached hydrogens (tertiary/aromatic N) is 1. The van der Waals surface area contributed by atoms with Gasteiger partial charge in [0.15, 0.2) is 0 Å². The number of hydrogen-bond acceptors (Lipinski definition) is 4. The molecule has 1 atom stereocenters. The first-order valence-electron chi connectivity index (χ1n) is 8.73. The molecule has 4 heteroatoms. The highest BCUT2D eigenvalue weighted by molar-refractivity contribution is 5.09. The Hall–Kier alpha value is -0.840. The molecule has 1 spiro atoms. The first-order chi connectivity index (χ1) is 10.7. The van der Waals surface area contributed by atoms with Gasteiger partial charge in [0.25, 0.3) is 0 Å². The van der Waals surface area contributed by atoms with E-state index in [1.165, 1.54) is 19.3 Å². The molecule has 1 aromatic rings. The summed E-state index contributed by atoms with van der Waals surface area (Å²) in [6.07, 6.45) is 5.09. The Labute approximate surface area is 132 Å². The van der Waals surface area contributed by atoms with E-state index in [4.69, 9.17) is 13.9 Å². The van der Waals surface area contributed by atoms with Crippen LogP contribution >= 0.6 is 0 Å². The normalized spacial score (nSPS) is 27.4. The number of rotatable bonds is 7. The molecule has 3 fully saturated rings. The van der Waals surface area contributed by atoms with E-state index in [0.29, 0.717) is 5.92 Å². The van der Waals surface area contributed by atoms with Crippen LogP contribution in [0.1, 0.15) is 37.2 Å². The second kappa shape index (κ2) is 5.99. The first kappa shape index (κ1) is 14.7. The van der Waals surface area contributed by atoms with Gasteiger partial charge < -0.3 is 13.9 Å². The third kappa shape index (κ3) is 3.10. The van der Waals surface area contributed by atoms with Crippen LogP contribution in [0.2, 0.25) is 0 Å². The van der Waals surface area contributed by atoms with Crippen molar-refractivity contribution < 1.29 is 13.9 Å². The fraction of sp³-hybridized carbons (Fsp3) is 0.778. The third-order valence-corrected chi connectivity index (χ3v) is 5.42. The van der Waals surface area contributed by atoms with Crippen LogP contribution in [0.25, 0.3) is 0 Å². The van der Waals surface area contributed by atoms with Gasteiger partial charge in [0.1, 0.15) is 11.5 Å². The van der Waals surface area contributed by atoms with Crippen LogP contribution in [-0.4, -0.2) is 43.4 Å². The van der Waals surface area contributed by atoms with Gasteiger partial charge in [-0.2, -0.15) is 0 Å². The van der Waals surface area contributed by atoms with Crippen LogP contribution in [0.15, 0.2) is 16.5 Å². The van der Waals surface area contributed by atoms with Gasteiger partial charge in [-0.05, 0) is 56.6 Å². The summed E-state index contributed by atoms with van der Waals surface area (Å²) in [6, 6.07) is 4.12. The van der Waals surface area contributed by atoms with Crippen molar-refractivity contribution in [2.75, 3.05) is 32.9 Å². The smallest absolute Gasteiger partial charge is 0.118 e. The predicted molar refractivity (Wildman–Crippen MR) is 83.7 cm³/mol. The zero-order valence-corrected chi connectivity index (χ0v) is 13.6. The maximum absolute atomic E-state index is 6.12. The fourth-order valence-corrected chi connectivity index (χ4v) is 3.92. The van der Waals surface area contributed by atoms with E-state index in [1.54, 1.807) is 0 Å². The average Bonchev–Trinajstić information content (AvgIpc) is 3.06. The molecule has 0 N–H and O–H groups in total. The summed E-state index contributed by atoms with van der Waals surface area (Å²) in [5, 5.41) is 0. The minimum Gasteiger partial charge on any atom is -0.465 e. The zero-order chi connectivity index (χ0) is 15.0. The van der Waals surface area contributed by atoms with Gasteiger partial charge >= 0.3 is 0 Å². The van der Waals surface area contributed by atoms with Gasteiger partial charge in [0.05, 0.1) is 12.1 Å². The molecule has 22 heavy (non-hydrogen) atoms. The molecule has 3 heterocycles. The lowest BCUT2D eigenvalue weighted by atomic mass is 9.79. The van der Waals surface area contributed by atoms with E-state index < -0.39 is 0 Å². The van der Waals surface area contributed by atoms with Crippen LogP contribution in [0.5, 0.6) is 0 Å². The Balaban J connectivity index is 1.23. The number of likely N-dealkylation sites (tertiary alicyclic amines) is 1. The summed E-state index contributed by atoms with van der Waals surface area (Å²) in [4.78, 5) is 2.43. The molecule has 0 radical (unpaired) electrons. The van der Waals surface area contributed by atoms with Gasteiger partial charge in [-0.25, -0.2) is 0 Å². The summed E-state index contributed by atoms with van der Waals surface area (Å²) >= 11 is 0. The van der Waals surface area contributed by atoms with E-state index in [1.807, 2.05) is 13.0 Å². The quantitative estimate of drug-likeness (QED) is 0.725. The van der Waals surface area contributed by atoms with Crippen molar-refractivity contribution in [3.63, 3.8) is 0 Å². The Morgan fingerprint density at radius 2 is 2.14 bits per heavy atom. The fourth-order valence-electron chi connectivity index (χ4n) is 3.92. The SMILES string of the molecule is Cc1ccc(CN2CC3(C2)OCCC3CCOCC2CC2)o1. The summed E-state index contributed by atoms with van der Waals surface area (Å²) in [5.74, 6) is 3.59. The molecule has 4 rings (SSSR count). The first-order valence-corrected chi connectivity index (χ1v) is 8.73. The Morgan fingerprint density at radius 1 is 1.27 bits per heavy atom. The van der Waals surface area contributed by atoms with E-state index in [0.717, 1.165) is 63.3 Å². The standard InChI is InChI=1S/C18H27NO3/c1-14-2-5-17(22-14)10-19-12-18(13-19)16(7-9-21-18)6-8-20-11-15-3-4-15/h2,5,15-16H,3-4,6-13H2,1H3. The van der Waals surface area contributed by atoms with Crippen molar-refractivity contribution in [1.82, 2.24) is 4.90 Å². The molecule has 0 amide bonds. The summed E-state index contributed by atoms with van der Waals surface area (Å²) in [5.41, 5.74) is 0.102. The molecule has 2 aliphatic heterocycles. The molecule has 1 aliphatic carbocycles. The molecule has 1 saturated carbocycles. The molecule has 0 bridgehead atoms. The van der Waals surface area contributed by atoms with E-state index in [9.17, 15) is 0 Å². The second-order valence-electron chi connectivity index (χ2n) is 7.36. The lowest BCUT2D eigenvalue weighted by Crippen LogP contribution is -2.64. The predicted octanol–water partition coefficient (Wildman–Crippen LogP) is 3.00. The van der Waals surface area contributed by atoms with Crippen molar-refractivity contribution in [3.8, 4) is 0 Å². The number of ether oxygens (including phenoxy) is 2. The average molecular weight is 305 g/mol. The number of hydrogen-bond donors (Lipinski definition) is 0. The van der Waals surface area contributed by atoms with Crippen LogP contribution in [0.3, 0.4) is 0 Å². The Morgan fingerprint density at radius 3 is 2.86 bits per heavy atom. The number of furan rings is 1. The summed E-state index contributed by atoms with van der Waals surface area (Å²) < 4.78 is 17.6. The van der Waals surface area contributed by atoms with Gasteiger partial charge in [-0.1, -0.05) is 0 Å². The highest BCUT2D eigenvalue weighted by Gasteiger charge is 2.52. The maximum atomic E-state index is 6.12. The third-order valence-electron chi connectivity index (χ3n) is 5.42. The van der Waals surface area contributed by atoms with Crippen molar-refractivity contribution in [2.45, 2.75) is 44.8 Å². The topological polar surface area (TPSA) is 34.8 Å². The molecule has 1 unspecified atom stereocenters. The van der Waals surface area contributed by atoms with E-state index in [-0.39, 0.29) is 5.60 Å². The van der Waals surface area contributed by atoms with Crippen molar-refractivity contribution >= 4 is 0 Å². The second-order valence-corrected chi connectivity index (χ2v) is 7.36. The van der Waals surface area contributed by atoms with Crippen molar-refractivity contribution in [2.24, 2.45) is 11.8 Å². The Bertz CT molecular complexity index is 502.